The molecule has 6 heteroatoms. The third kappa shape index (κ3) is 4.10. The summed E-state index contributed by atoms with van der Waals surface area (Å²) in [5.74, 6) is 0.726. The second-order valence-corrected chi connectivity index (χ2v) is 6.18. The summed E-state index contributed by atoms with van der Waals surface area (Å²) in [7, 11) is 0. The van der Waals surface area contributed by atoms with Crippen LogP contribution in [0.5, 0.6) is 0 Å². The Kier molecular flexibility index (Phi) is 5.22. The molecule has 25 heavy (non-hydrogen) atoms. The molecule has 0 spiro atoms. The fourth-order valence-electron chi connectivity index (χ4n) is 2.25. The lowest BCUT2D eigenvalue weighted by molar-refractivity contribution is 0.0955. The van der Waals surface area contributed by atoms with Gasteiger partial charge in [-0.05, 0) is 48.9 Å². The van der Waals surface area contributed by atoms with Crippen molar-refractivity contribution in [2.24, 2.45) is 5.10 Å². The molecule has 0 bridgehead atoms. The largest absolute Gasteiger partial charge is 0.455 e. The van der Waals surface area contributed by atoms with Crippen LogP contribution in [0.1, 0.15) is 21.7 Å². The van der Waals surface area contributed by atoms with Gasteiger partial charge >= 0.3 is 0 Å². The molecule has 2 aromatic carbocycles. The monoisotopic (exact) mass is 372 g/mol. The molecule has 0 saturated heterocycles. The lowest BCUT2D eigenvalue weighted by Gasteiger charge is -2.03. The molecule has 1 N–H and O–H groups in total. The highest BCUT2D eigenvalue weighted by molar-refractivity contribution is 6.34. The van der Waals surface area contributed by atoms with E-state index in [2.05, 4.69) is 10.5 Å². The molecular weight excluding hydrogens is 359 g/mol. The van der Waals surface area contributed by atoms with Crippen LogP contribution < -0.4 is 5.43 Å². The summed E-state index contributed by atoms with van der Waals surface area (Å²) in [5, 5.41) is 4.88. The van der Waals surface area contributed by atoms with E-state index >= 15 is 0 Å². The molecule has 1 heterocycles. The van der Waals surface area contributed by atoms with Crippen molar-refractivity contribution in [2.45, 2.75) is 6.92 Å². The van der Waals surface area contributed by atoms with Gasteiger partial charge in [-0.3, -0.25) is 4.79 Å². The Morgan fingerprint density at radius 1 is 1.08 bits per heavy atom. The average molecular weight is 373 g/mol. The zero-order valence-electron chi connectivity index (χ0n) is 13.3. The molecule has 1 amide bonds. The third-order valence-corrected chi connectivity index (χ3v) is 4.14. The van der Waals surface area contributed by atoms with Crippen LogP contribution in [-0.4, -0.2) is 12.1 Å². The number of aryl methyl sites for hydroxylation is 1. The van der Waals surface area contributed by atoms with Crippen molar-refractivity contribution in [2.75, 3.05) is 0 Å². The van der Waals surface area contributed by atoms with Crippen molar-refractivity contribution in [3.05, 3.63) is 81.5 Å². The Bertz CT molecular complexity index is 948. The SMILES string of the molecule is Cc1ccc(C(=O)N/N=C/c2ccc(-c3ccccc3Cl)o2)c(Cl)c1. The van der Waals surface area contributed by atoms with Crippen molar-refractivity contribution in [3.63, 3.8) is 0 Å². The Labute approximate surface area is 155 Å². The van der Waals surface area contributed by atoms with Gasteiger partial charge < -0.3 is 4.42 Å². The minimum Gasteiger partial charge on any atom is -0.455 e. The van der Waals surface area contributed by atoms with Crippen LogP contribution in [0.3, 0.4) is 0 Å². The number of hydrogen-bond acceptors (Lipinski definition) is 3. The van der Waals surface area contributed by atoms with Gasteiger partial charge in [0.2, 0.25) is 0 Å². The van der Waals surface area contributed by atoms with Gasteiger partial charge in [0.1, 0.15) is 11.5 Å². The van der Waals surface area contributed by atoms with Crippen LogP contribution in [0.4, 0.5) is 0 Å². The van der Waals surface area contributed by atoms with Gasteiger partial charge in [-0.2, -0.15) is 5.10 Å². The fourth-order valence-corrected chi connectivity index (χ4v) is 2.80. The molecule has 3 rings (SSSR count). The summed E-state index contributed by atoms with van der Waals surface area (Å²) >= 11 is 12.2. The van der Waals surface area contributed by atoms with E-state index in [0.717, 1.165) is 11.1 Å². The van der Waals surface area contributed by atoms with Crippen molar-refractivity contribution in [3.8, 4) is 11.3 Å². The number of carbonyl (C=O) groups is 1. The van der Waals surface area contributed by atoms with E-state index in [4.69, 9.17) is 27.6 Å². The zero-order valence-corrected chi connectivity index (χ0v) is 14.8. The minimum absolute atomic E-state index is 0.362. The first kappa shape index (κ1) is 17.3. The number of furan rings is 1. The summed E-state index contributed by atoms with van der Waals surface area (Å²) < 4.78 is 5.67. The van der Waals surface area contributed by atoms with Crippen LogP contribution in [0.2, 0.25) is 10.0 Å². The van der Waals surface area contributed by atoms with E-state index in [1.807, 2.05) is 31.2 Å². The number of benzene rings is 2. The maximum atomic E-state index is 12.1. The molecule has 126 valence electrons. The second-order valence-electron chi connectivity index (χ2n) is 5.36. The molecule has 0 aliphatic rings. The molecule has 0 aliphatic heterocycles. The van der Waals surface area contributed by atoms with Gasteiger partial charge in [0.05, 0.1) is 21.8 Å². The highest BCUT2D eigenvalue weighted by Gasteiger charge is 2.10. The molecular formula is C19H14Cl2N2O2. The van der Waals surface area contributed by atoms with Crippen LogP contribution in [0, 0.1) is 6.92 Å². The van der Waals surface area contributed by atoms with Gasteiger partial charge in [-0.25, -0.2) is 5.43 Å². The predicted octanol–water partition coefficient (Wildman–Crippen LogP) is 5.33. The number of nitrogens with one attached hydrogen (secondary N) is 1. The molecule has 3 aromatic rings. The van der Waals surface area contributed by atoms with E-state index in [0.29, 0.717) is 27.1 Å². The first-order valence-electron chi connectivity index (χ1n) is 7.49. The number of hydrazone groups is 1. The summed E-state index contributed by atoms with van der Waals surface area (Å²) in [6.07, 6.45) is 1.42. The van der Waals surface area contributed by atoms with Crippen molar-refractivity contribution >= 4 is 35.3 Å². The Morgan fingerprint density at radius 3 is 2.64 bits per heavy atom. The minimum atomic E-state index is -0.390. The number of amides is 1. The van der Waals surface area contributed by atoms with E-state index in [9.17, 15) is 4.79 Å². The van der Waals surface area contributed by atoms with Crippen molar-refractivity contribution in [1.29, 1.82) is 0 Å². The van der Waals surface area contributed by atoms with E-state index in [1.54, 1.807) is 30.3 Å². The quantitative estimate of drug-likeness (QED) is 0.497. The number of rotatable bonds is 4. The van der Waals surface area contributed by atoms with Gasteiger partial charge in [0.15, 0.2) is 0 Å². The first-order valence-corrected chi connectivity index (χ1v) is 8.24. The highest BCUT2D eigenvalue weighted by Crippen LogP contribution is 2.28. The first-order chi connectivity index (χ1) is 12.0. The molecule has 0 atom stereocenters. The highest BCUT2D eigenvalue weighted by atomic mass is 35.5. The second kappa shape index (κ2) is 7.55. The molecule has 4 nitrogen and oxygen atoms in total. The van der Waals surface area contributed by atoms with E-state index in [1.165, 1.54) is 6.21 Å². The van der Waals surface area contributed by atoms with Crippen LogP contribution in [0.15, 0.2) is 64.1 Å². The number of nitrogens with zero attached hydrogens (tertiary/aromatic N) is 1. The van der Waals surface area contributed by atoms with Gasteiger partial charge in [-0.15, -0.1) is 0 Å². The van der Waals surface area contributed by atoms with Gasteiger partial charge in [-0.1, -0.05) is 41.4 Å². The predicted molar refractivity (Wildman–Crippen MR) is 100 cm³/mol. The van der Waals surface area contributed by atoms with Crippen LogP contribution in [-0.2, 0) is 0 Å². The van der Waals surface area contributed by atoms with Crippen molar-refractivity contribution in [1.82, 2.24) is 5.43 Å². The van der Waals surface area contributed by atoms with Crippen LogP contribution >= 0.6 is 23.2 Å². The Hall–Kier alpha value is -2.56. The summed E-state index contributed by atoms with van der Waals surface area (Å²) in [6, 6.07) is 16.1. The Morgan fingerprint density at radius 2 is 1.88 bits per heavy atom. The normalized spacial score (nSPS) is 11.0. The lowest BCUT2D eigenvalue weighted by atomic mass is 10.1. The molecule has 0 radical (unpaired) electrons. The van der Waals surface area contributed by atoms with Gasteiger partial charge in [0, 0.05) is 5.56 Å². The fraction of sp³-hybridized carbons (Fsp3) is 0.0526. The third-order valence-electron chi connectivity index (χ3n) is 3.49. The maximum absolute atomic E-state index is 12.1. The summed E-state index contributed by atoms with van der Waals surface area (Å²) in [6.45, 7) is 1.90. The standard InChI is InChI=1S/C19H14Cl2N2O2/c1-12-6-8-15(17(21)10-12)19(24)23-22-11-13-7-9-18(25-13)14-4-2-3-5-16(14)20/h2-11H,1H3,(H,23,24)/b22-11+. The van der Waals surface area contributed by atoms with E-state index < -0.39 is 0 Å². The maximum Gasteiger partial charge on any atom is 0.272 e. The number of carbonyl (C=O) groups excluding carboxylic acids is 1. The van der Waals surface area contributed by atoms with E-state index in [-0.39, 0.29) is 5.91 Å². The molecule has 0 fully saturated rings. The Balaban J connectivity index is 1.69. The zero-order chi connectivity index (χ0) is 17.8. The lowest BCUT2D eigenvalue weighted by Crippen LogP contribution is -2.18. The molecule has 1 aromatic heterocycles. The topological polar surface area (TPSA) is 54.6 Å². The number of hydrogen-bond donors (Lipinski definition) is 1. The molecule has 0 unspecified atom stereocenters. The summed E-state index contributed by atoms with van der Waals surface area (Å²) in [5.41, 5.74) is 4.56. The smallest absolute Gasteiger partial charge is 0.272 e. The average Bonchev–Trinajstić information content (AvgIpc) is 3.03. The van der Waals surface area contributed by atoms with Crippen LogP contribution in [0.25, 0.3) is 11.3 Å². The van der Waals surface area contributed by atoms with Crippen molar-refractivity contribution < 1.29 is 9.21 Å². The number of halogens is 2. The summed E-state index contributed by atoms with van der Waals surface area (Å²) in [4.78, 5) is 12.1. The van der Waals surface area contributed by atoms with Gasteiger partial charge in [0.25, 0.3) is 5.91 Å². The molecule has 0 saturated carbocycles. The molecule has 0 aliphatic carbocycles.